The van der Waals surface area contributed by atoms with Crippen molar-refractivity contribution in [2.45, 2.75) is 26.3 Å². The van der Waals surface area contributed by atoms with E-state index in [2.05, 4.69) is 0 Å². The molecule has 6 heteroatoms. The van der Waals surface area contributed by atoms with Gasteiger partial charge >= 0.3 is 0 Å². The summed E-state index contributed by atoms with van der Waals surface area (Å²) in [5, 5.41) is 25.3. The molecule has 0 amide bonds. The van der Waals surface area contributed by atoms with Crippen LogP contribution < -0.4 is 11.2 Å². The summed E-state index contributed by atoms with van der Waals surface area (Å²) in [6.45, 7) is 2.03. The van der Waals surface area contributed by atoms with E-state index in [0.717, 1.165) is 0 Å². The zero-order valence-electron chi connectivity index (χ0n) is 11.4. The van der Waals surface area contributed by atoms with Crippen molar-refractivity contribution < 1.29 is 5.11 Å². The molecule has 0 saturated carbocycles. The fourth-order valence-electron chi connectivity index (χ4n) is 2.25. The number of unbranched alkanes of at least 4 members (excludes halogenated alkanes) is 1. The monoisotopic (exact) mass is 274 g/mol. The van der Waals surface area contributed by atoms with Gasteiger partial charge in [-0.15, -0.1) is 0 Å². The van der Waals surface area contributed by atoms with Gasteiger partial charge in [0.15, 0.2) is 0 Å². The fraction of sp³-hybridized carbons (Fsp3) is 0.357. The molecule has 1 heterocycles. The van der Waals surface area contributed by atoms with Crippen LogP contribution in [0.25, 0.3) is 10.9 Å². The van der Waals surface area contributed by atoms with Crippen molar-refractivity contribution in [1.82, 2.24) is 9.13 Å². The number of fused-ring (bicyclic) bond motifs is 1. The van der Waals surface area contributed by atoms with Gasteiger partial charge < -0.3 is 5.11 Å². The Bertz CT molecular complexity index is 758. The second-order valence-electron chi connectivity index (χ2n) is 4.65. The molecule has 0 radical (unpaired) electrons. The lowest BCUT2D eigenvalue weighted by Gasteiger charge is -2.14. The molecule has 6 nitrogen and oxygen atoms in total. The molecule has 0 unspecified atom stereocenters. The van der Waals surface area contributed by atoms with Gasteiger partial charge in [0.05, 0.1) is 10.9 Å². The molecule has 0 atom stereocenters. The second kappa shape index (κ2) is 5.83. The predicted molar refractivity (Wildman–Crippen MR) is 77.2 cm³/mol. The molecule has 2 aromatic rings. The average molecular weight is 274 g/mol. The van der Waals surface area contributed by atoms with E-state index in [1.807, 2.05) is 0 Å². The molecule has 0 fully saturated rings. The number of nitrogens with zero attached hydrogens (tertiary/aromatic N) is 2. The van der Waals surface area contributed by atoms with E-state index in [9.17, 15) is 4.79 Å². The minimum Gasteiger partial charge on any atom is -0.396 e. The van der Waals surface area contributed by atoms with E-state index in [1.54, 1.807) is 31.2 Å². The first-order chi connectivity index (χ1) is 9.57. The summed E-state index contributed by atoms with van der Waals surface area (Å²) in [5.74, 6) is 0.196. The maximum atomic E-state index is 12.4. The van der Waals surface area contributed by atoms with Crippen LogP contribution in [0.3, 0.4) is 0 Å². The molecule has 0 aliphatic carbocycles. The fourth-order valence-corrected chi connectivity index (χ4v) is 2.25. The first-order valence-electron chi connectivity index (χ1n) is 6.53. The van der Waals surface area contributed by atoms with Crippen molar-refractivity contribution in [1.29, 1.82) is 10.8 Å². The molecular formula is C14H18N4O2. The van der Waals surface area contributed by atoms with Crippen LogP contribution in [-0.2, 0) is 6.54 Å². The van der Waals surface area contributed by atoms with Crippen molar-refractivity contribution in [3.05, 3.63) is 40.2 Å². The minimum absolute atomic E-state index is 0.000796. The van der Waals surface area contributed by atoms with Crippen LogP contribution in [0.4, 0.5) is 0 Å². The van der Waals surface area contributed by atoms with E-state index in [1.165, 1.54) is 9.13 Å². The second-order valence-corrected chi connectivity index (χ2v) is 4.65. The summed E-state index contributed by atoms with van der Waals surface area (Å²) in [7, 11) is 0. The predicted octanol–water partition coefficient (Wildman–Crippen LogP) is 0.900. The Labute approximate surface area is 115 Å². The number of para-hydroxylation sites is 1. The highest BCUT2D eigenvalue weighted by molar-refractivity contribution is 5.90. The summed E-state index contributed by atoms with van der Waals surface area (Å²) in [4.78, 5) is 12.4. The van der Waals surface area contributed by atoms with E-state index in [0.29, 0.717) is 30.3 Å². The number of hydrogen-bond acceptors (Lipinski definition) is 4. The highest BCUT2D eigenvalue weighted by atomic mass is 16.2. The Balaban J connectivity index is 2.73. The summed E-state index contributed by atoms with van der Waals surface area (Å²) in [6, 6.07) is 7.01. The molecule has 0 aliphatic rings. The Morgan fingerprint density at radius 1 is 1.30 bits per heavy atom. The Kier molecular flexibility index (Phi) is 4.14. The van der Waals surface area contributed by atoms with Gasteiger partial charge in [-0.1, -0.05) is 12.1 Å². The van der Waals surface area contributed by atoms with Crippen LogP contribution >= 0.6 is 0 Å². The lowest BCUT2D eigenvalue weighted by atomic mass is 10.2. The number of rotatable bonds is 4. The van der Waals surface area contributed by atoms with Gasteiger partial charge in [-0.3, -0.25) is 24.7 Å². The first-order valence-corrected chi connectivity index (χ1v) is 6.53. The van der Waals surface area contributed by atoms with Gasteiger partial charge in [0.2, 0.25) is 5.62 Å². The number of aliphatic hydroxyl groups is 1. The lowest BCUT2D eigenvalue weighted by Crippen LogP contribution is -2.42. The molecule has 1 aromatic heterocycles. The minimum atomic E-state index is -0.221. The Morgan fingerprint density at radius 3 is 2.65 bits per heavy atom. The number of aromatic nitrogens is 2. The van der Waals surface area contributed by atoms with E-state index in [4.69, 9.17) is 15.9 Å². The van der Waals surface area contributed by atoms with E-state index >= 15 is 0 Å². The molecule has 0 spiro atoms. The van der Waals surface area contributed by atoms with Crippen LogP contribution in [0.1, 0.15) is 19.8 Å². The standard InChI is InChI=1S/C14H18N4O2/c1-10(15)18-12-7-3-2-6-11(12)13(20)17(14(18)16)8-4-5-9-19/h2-3,6-7,15-16,19H,4-5,8-9H2,1H3. The van der Waals surface area contributed by atoms with Gasteiger partial charge in [0.1, 0.15) is 5.84 Å². The number of nitrogens with one attached hydrogen (secondary N) is 2. The zero-order chi connectivity index (χ0) is 14.7. The summed E-state index contributed by atoms with van der Waals surface area (Å²) < 4.78 is 2.81. The quantitative estimate of drug-likeness (QED) is 0.439. The van der Waals surface area contributed by atoms with Gasteiger partial charge in [0, 0.05) is 13.2 Å². The van der Waals surface area contributed by atoms with Crippen LogP contribution in [0.2, 0.25) is 0 Å². The van der Waals surface area contributed by atoms with Gasteiger partial charge in [0.25, 0.3) is 5.56 Å². The van der Waals surface area contributed by atoms with Crippen molar-refractivity contribution >= 4 is 16.7 Å². The van der Waals surface area contributed by atoms with Gasteiger partial charge in [-0.2, -0.15) is 0 Å². The van der Waals surface area contributed by atoms with E-state index in [-0.39, 0.29) is 23.6 Å². The smallest absolute Gasteiger partial charge is 0.262 e. The number of hydrogen-bond donors (Lipinski definition) is 3. The third-order valence-electron chi connectivity index (χ3n) is 3.21. The highest BCUT2D eigenvalue weighted by Gasteiger charge is 2.11. The first kappa shape index (κ1) is 14.2. The highest BCUT2D eigenvalue weighted by Crippen LogP contribution is 2.07. The molecule has 0 saturated heterocycles. The average Bonchev–Trinajstić information content (AvgIpc) is 2.42. The molecule has 1 aromatic carbocycles. The molecule has 0 bridgehead atoms. The molecule has 3 N–H and O–H groups in total. The topological polar surface area (TPSA) is 94.9 Å². The number of aliphatic hydroxyl groups excluding tert-OH is 1. The maximum Gasteiger partial charge on any atom is 0.262 e. The lowest BCUT2D eigenvalue weighted by molar-refractivity contribution is 0.280. The van der Waals surface area contributed by atoms with Gasteiger partial charge in [-0.25, -0.2) is 0 Å². The Morgan fingerprint density at radius 2 is 2.00 bits per heavy atom. The Hall–Kier alpha value is -2.21. The summed E-state index contributed by atoms with van der Waals surface area (Å²) in [5.41, 5.74) is 0.355. The molecule has 2 rings (SSSR count). The molecule has 106 valence electrons. The molecular weight excluding hydrogens is 256 g/mol. The summed E-state index contributed by atoms with van der Waals surface area (Å²) in [6.07, 6.45) is 1.21. The molecule has 0 aliphatic heterocycles. The third-order valence-corrected chi connectivity index (χ3v) is 3.21. The van der Waals surface area contributed by atoms with Crippen molar-refractivity contribution in [2.75, 3.05) is 6.61 Å². The zero-order valence-corrected chi connectivity index (χ0v) is 11.4. The normalized spacial score (nSPS) is 10.9. The summed E-state index contributed by atoms with van der Waals surface area (Å²) >= 11 is 0. The van der Waals surface area contributed by atoms with Crippen LogP contribution in [0, 0.1) is 10.8 Å². The van der Waals surface area contributed by atoms with E-state index < -0.39 is 0 Å². The van der Waals surface area contributed by atoms with Crippen molar-refractivity contribution in [3.63, 3.8) is 0 Å². The largest absolute Gasteiger partial charge is 0.396 e. The van der Waals surface area contributed by atoms with Gasteiger partial charge in [-0.05, 0) is 31.9 Å². The SMILES string of the molecule is CC(=N)n1c(=N)n(CCCCO)c(=O)c2ccccc21. The van der Waals surface area contributed by atoms with Crippen LogP contribution in [0.15, 0.2) is 29.1 Å². The van der Waals surface area contributed by atoms with Crippen molar-refractivity contribution in [3.8, 4) is 0 Å². The molecule has 20 heavy (non-hydrogen) atoms. The number of benzene rings is 1. The third kappa shape index (κ3) is 2.42. The van der Waals surface area contributed by atoms with Crippen LogP contribution in [-0.4, -0.2) is 26.7 Å². The van der Waals surface area contributed by atoms with Crippen LogP contribution in [0.5, 0.6) is 0 Å². The van der Waals surface area contributed by atoms with Crippen molar-refractivity contribution in [2.24, 2.45) is 0 Å². The maximum absolute atomic E-state index is 12.4.